The van der Waals surface area contributed by atoms with Gasteiger partial charge in [0.2, 0.25) is 5.76 Å². The van der Waals surface area contributed by atoms with Gasteiger partial charge in [-0.15, -0.1) is 0 Å². The number of carbonyl (C=O) groups excluding carboxylic acids is 1. The predicted octanol–water partition coefficient (Wildman–Crippen LogP) is 0.826. The summed E-state index contributed by atoms with van der Waals surface area (Å²) in [6.45, 7) is 2.46. The molecule has 0 atom stereocenters. The van der Waals surface area contributed by atoms with Crippen LogP contribution in [0.5, 0.6) is 0 Å². The van der Waals surface area contributed by atoms with E-state index in [2.05, 4.69) is 5.16 Å². The van der Waals surface area contributed by atoms with Gasteiger partial charge in [-0.05, 0) is 25.7 Å². The Hall–Kier alpha value is -1.36. The number of rotatable bonds is 3. The maximum absolute atomic E-state index is 11.9. The number of nitrogens with zero attached hydrogens (tertiary/aromatic N) is 2. The number of carbonyl (C=O) groups is 1. The molecule has 0 bridgehead atoms. The monoisotopic (exact) mass is 224 g/mol. The molecule has 1 aromatic rings. The number of hydrogen-bond donors (Lipinski definition) is 1. The molecule has 1 N–H and O–H groups in total. The van der Waals surface area contributed by atoms with Crippen molar-refractivity contribution in [2.45, 2.75) is 25.9 Å². The zero-order valence-electron chi connectivity index (χ0n) is 9.51. The Morgan fingerprint density at radius 1 is 1.69 bits per heavy atom. The van der Waals surface area contributed by atoms with Crippen LogP contribution in [0.4, 0.5) is 0 Å². The quantitative estimate of drug-likeness (QED) is 0.825. The summed E-state index contributed by atoms with van der Waals surface area (Å²) < 4.78 is 4.91. The van der Waals surface area contributed by atoms with E-state index in [0.29, 0.717) is 18.2 Å². The molecule has 0 radical (unpaired) electrons. The molecule has 5 nitrogen and oxygen atoms in total. The molecule has 0 spiro atoms. The lowest BCUT2D eigenvalue weighted by atomic mass is 9.82. The first-order valence-electron chi connectivity index (χ1n) is 5.42. The Labute approximate surface area is 94.0 Å². The van der Waals surface area contributed by atoms with Gasteiger partial charge in [0.05, 0.1) is 12.3 Å². The number of aliphatic hydroxyl groups excluding tert-OH is 1. The molecule has 5 heteroatoms. The van der Waals surface area contributed by atoms with Crippen molar-refractivity contribution in [2.24, 2.45) is 5.92 Å². The second-order valence-corrected chi connectivity index (χ2v) is 4.51. The van der Waals surface area contributed by atoms with Crippen LogP contribution in [0.3, 0.4) is 0 Å². The summed E-state index contributed by atoms with van der Waals surface area (Å²) in [7, 11) is 1.75. The third-order valence-corrected chi connectivity index (χ3v) is 3.03. The second kappa shape index (κ2) is 4.25. The van der Waals surface area contributed by atoms with E-state index in [-0.39, 0.29) is 12.0 Å². The van der Waals surface area contributed by atoms with Crippen LogP contribution in [-0.4, -0.2) is 40.8 Å². The first-order chi connectivity index (χ1) is 7.58. The Balaban J connectivity index is 1.92. The van der Waals surface area contributed by atoms with E-state index in [1.54, 1.807) is 18.9 Å². The normalized spacial score (nSPS) is 23.9. The fraction of sp³-hybridized carbons (Fsp3) is 0.636. The van der Waals surface area contributed by atoms with Crippen molar-refractivity contribution in [2.75, 3.05) is 13.6 Å². The van der Waals surface area contributed by atoms with E-state index in [1.807, 2.05) is 0 Å². The van der Waals surface area contributed by atoms with Crippen LogP contribution in [0.1, 0.15) is 29.0 Å². The summed E-state index contributed by atoms with van der Waals surface area (Å²) in [6.07, 6.45) is 2.93. The van der Waals surface area contributed by atoms with E-state index in [9.17, 15) is 4.79 Å². The first kappa shape index (κ1) is 11.1. The minimum atomic E-state index is -0.180. The summed E-state index contributed by atoms with van der Waals surface area (Å²) in [5.41, 5.74) is 0.755. The summed E-state index contributed by atoms with van der Waals surface area (Å²) in [5, 5.41) is 12.8. The highest BCUT2D eigenvalue weighted by Gasteiger charge is 2.30. The molecule has 1 aliphatic rings. The number of aromatic nitrogens is 1. The molecule has 1 aliphatic carbocycles. The van der Waals surface area contributed by atoms with Crippen molar-refractivity contribution in [3.05, 3.63) is 17.5 Å². The molecule has 1 saturated carbocycles. The number of aryl methyl sites for hydroxylation is 1. The van der Waals surface area contributed by atoms with E-state index >= 15 is 0 Å². The smallest absolute Gasteiger partial charge is 0.292 e. The van der Waals surface area contributed by atoms with Crippen LogP contribution in [0.2, 0.25) is 0 Å². The third kappa shape index (κ3) is 2.09. The number of amides is 1. The van der Waals surface area contributed by atoms with E-state index in [1.165, 1.54) is 6.20 Å². The van der Waals surface area contributed by atoms with Crippen LogP contribution in [0.15, 0.2) is 10.7 Å². The highest BCUT2D eigenvalue weighted by Crippen LogP contribution is 2.28. The van der Waals surface area contributed by atoms with Crippen molar-refractivity contribution < 1.29 is 14.4 Å². The molecule has 1 amide bonds. The van der Waals surface area contributed by atoms with Gasteiger partial charge in [0.25, 0.3) is 5.91 Å². The first-order valence-corrected chi connectivity index (χ1v) is 5.42. The topological polar surface area (TPSA) is 66.6 Å². The lowest BCUT2D eigenvalue weighted by molar-refractivity contribution is 0.0255. The van der Waals surface area contributed by atoms with Gasteiger partial charge in [-0.2, -0.15) is 0 Å². The molecule has 1 fully saturated rings. The second-order valence-electron chi connectivity index (χ2n) is 4.51. The van der Waals surface area contributed by atoms with E-state index in [4.69, 9.17) is 9.63 Å². The molecule has 0 aromatic carbocycles. The Morgan fingerprint density at radius 2 is 2.38 bits per heavy atom. The molecular formula is C11H16N2O3. The minimum Gasteiger partial charge on any atom is -0.393 e. The van der Waals surface area contributed by atoms with Gasteiger partial charge < -0.3 is 14.5 Å². The Kier molecular flexibility index (Phi) is 2.96. The zero-order valence-corrected chi connectivity index (χ0v) is 9.51. The summed E-state index contributed by atoms with van der Waals surface area (Å²) in [5.74, 6) is 0.575. The van der Waals surface area contributed by atoms with E-state index in [0.717, 1.165) is 18.4 Å². The van der Waals surface area contributed by atoms with Gasteiger partial charge in [-0.1, -0.05) is 5.16 Å². The lowest BCUT2D eigenvalue weighted by Crippen LogP contribution is -2.39. The molecule has 2 rings (SSSR count). The summed E-state index contributed by atoms with van der Waals surface area (Å²) >= 11 is 0. The van der Waals surface area contributed by atoms with Crippen molar-refractivity contribution in [1.82, 2.24) is 10.1 Å². The van der Waals surface area contributed by atoms with Crippen molar-refractivity contribution in [3.63, 3.8) is 0 Å². The van der Waals surface area contributed by atoms with Crippen molar-refractivity contribution in [1.29, 1.82) is 0 Å². The van der Waals surface area contributed by atoms with Gasteiger partial charge in [-0.25, -0.2) is 0 Å². The molecule has 16 heavy (non-hydrogen) atoms. The highest BCUT2D eigenvalue weighted by molar-refractivity contribution is 5.92. The Morgan fingerprint density at radius 3 is 2.88 bits per heavy atom. The average Bonchev–Trinajstić information content (AvgIpc) is 2.61. The molecule has 0 saturated heterocycles. The molecule has 0 unspecified atom stereocenters. The van der Waals surface area contributed by atoms with Crippen LogP contribution in [-0.2, 0) is 0 Å². The van der Waals surface area contributed by atoms with Crippen LogP contribution in [0.25, 0.3) is 0 Å². The number of hydrogen-bond acceptors (Lipinski definition) is 4. The predicted molar refractivity (Wildman–Crippen MR) is 56.9 cm³/mol. The van der Waals surface area contributed by atoms with Crippen molar-refractivity contribution >= 4 is 5.91 Å². The largest absolute Gasteiger partial charge is 0.393 e. The van der Waals surface area contributed by atoms with Crippen LogP contribution < -0.4 is 0 Å². The van der Waals surface area contributed by atoms with Gasteiger partial charge in [0, 0.05) is 19.2 Å². The lowest BCUT2D eigenvalue weighted by Gasteiger charge is -2.34. The molecule has 1 heterocycles. The third-order valence-electron chi connectivity index (χ3n) is 3.03. The fourth-order valence-electron chi connectivity index (χ4n) is 1.99. The van der Waals surface area contributed by atoms with Crippen LogP contribution >= 0.6 is 0 Å². The molecular weight excluding hydrogens is 208 g/mol. The average molecular weight is 224 g/mol. The molecule has 0 aliphatic heterocycles. The van der Waals surface area contributed by atoms with Gasteiger partial charge in [-0.3, -0.25) is 4.79 Å². The minimum absolute atomic E-state index is 0.142. The van der Waals surface area contributed by atoms with Gasteiger partial charge in [0.15, 0.2) is 0 Å². The maximum Gasteiger partial charge on any atom is 0.292 e. The fourth-order valence-corrected chi connectivity index (χ4v) is 1.99. The number of aliphatic hydroxyl groups is 1. The maximum atomic E-state index is 11.9. The van der Waals surface area contributed by atoms with E-state index < -0.39 is 0 Å². The Bertz CT molecular complexity index is 382. The molecule has 1 aromatic heterocycles. The van der Waals surface area contributed by atoms with Gasteiger partial charge >= 0.3 is 0 Å². The molecule has 88 valence electrons. The van der Waals surface area contributed by atoms with Gasteiger partial charge in [0.1, 0.15) is 0 Å². The summed E-state index contributed by atoms with van der Waals surface area (Å²) in [6, 6.07) is 0. The van der Waals surface area contributed by atoms with Crippen LogP contribution in [0, 0.1) is 12.8 Å². The SMILES string of the molecule is Cc1cnoc1C(=O)N(C)CC1CC(O)C1. The summed E-state index contributed by atoms with van der Waals surface area (Å²) in [4.78, 5) is 13.5. The zero-order chi connectivity index (χ0) is 11.7. The standard InChI is InChI=1S/C11H16N2O3/c1-7-5-12-16-10(7)11(15)13(2)6-8-3-9(14)4-8/h5,8-9,14H,3-4,6H2,1-2H3. The highest BCUT2D eigenvalue weighted by atomic mass is 16.5. The van der Waals surface area contributed by atoms with Crippen molar-refractivity contribution in [3.8, 4) is 0 Å².